The lowest BCUT2D eigenvalue weighted by molar-refractivity contribution is -0.125. The summed E-state index contributed by atoms with van der Waals surface area (Å²) < 4.78 is 23.1. The predicted molar refractivity (Wildman–Crippen MR) is 99.6 cm³/mol. The van der Waals surface area contributed by atoms with E-state index in [2.05, 4.69) is 29.4 Å². The van der Waals surface area contributed by atoms with Gasteiger partial charge >= 0.3 is 0 Å². The maximum atomic E-state index is 12.6. The quantitative estimate of drug-likeness (QED) is 0.672. The minimum atomic E-state index is -3.44. The first-order chi connectivity index (χ1) is 9.76. The SMILES string of the molecule is CCN(CC)CC(C)NC(=O)C1(S(C)(=O)=O)CCNCC1.Cl.Cl. The molecule has 0 radical (unpaired) electrons. The zero-order valence-electron chi connectivity index (χ0n) is 14.4. The van der Waals surface area contributed by atoms with Gasteiger partial charge in [-0.15, -0.1) is 24.8 Å². The fourth-order valence-electron chi connectivity index (χ4n) is 2.87. The van der Waals surface area contributed by atoms with Crippen molar-refractivity contribution in [2.75, 3.05) is 39.0 Å². The summed E-state index contributed by atoms with van der Waals surface area (Å²) >= 11 is 0. The van der Waals surface area contributed by atoms with Crippen LogP contribution in [-0.2, 0) is 14.6 Å². The molecule has 0 aliphatic carbocycles. The van der Waals surface area contributed by atoms with Crippen molar-refractivity contribution in [3.8, 4) is 0 Å². The molecule has 23 heavy (non-hydrogen) atoms. The molecule has 0 saturated carbocycles. The molecule has 2 N–H and O–H groups in total. The third kappa shape index (κ3) is 6.38. The predicted octanol–water partition coefficient (Wildman–Crippen LogP) is 0.843. The number of amides is 1. The van der Waals surface area contributed by atoms with Gasteiger partial charge in [0.15, 0.2) is 14.6 Å². The molecule has 0 aromatic rings. The second-order valence-electron chi connectivity index (χ2n) is 5.88. The third-order valence-corrected chi connectivity index (χ3v) is 6.35. The Kier molecular flexibility index (Phi) is 11.7. The van der Waals surface area contributed by atoms with Crippen LogP contribution in [0.1, 0.15) is 33.6 Å². The number of halogens is 2. The molecule has 0 aromatic carbocycles. The molecule has 1 saturated heterocycles. The highest BCUT2D eigenvalue weighted by molar-refractivity contribution is 7.92. The van der Waals surface area contributed by atoms with Gasteiger partial charge in [-0.05, 0) is 45.9 Å². The zero-order chi connectivity index (χ0) is 16.1. The van der Waals surface area contributed by atoms with Crippen LogP contribution in [-0.4, -0.2) is 69.0 Å². The van der Waals surface area contributed by atoms with Crippen molar-refractivity contribution in [1.82, 2.24) is 15.5 Å². The van der Waals surface area contributed by atoms with Gasteiger partial charge in [-0.1, -0.05) is 13.8 Å². The van der Waals surface area contributed by atoms with Gasteiger partial charge in [0.05, 0.1) is 0 Å². The summed E-state index contributed by atoms with van der Waals surface area (Å²) in [6.07, 6.45) is 1.86. The normalized spacial score (nSPS) is 18.5. The van der Waals surface area contributed by atoms with Gasteiger partial charge in [-0.25, -0.2) is 8.42 Å². The molecular formula is C14H31Cl2N3O3S. The van der Waals surface area contributed by atoms with Crippen molar-refractivity contribution in [3.63, 3.8) is 0 Å². The minimum Gasteiger partial charge on any atom is -0.351 e. The van der Waals surface area contributed by atoms with Gasteiger partial charge < -0.3 is 15.5 Å². The number of rotatable bonds is 7. The molecule has 1 heterocycles. The number of sulfone groups is 1. The van der Waals surface area contributed by atoms with E-state index in [-0.39, 0.29) is 36.8 Å². The van der Waals surface area contributed by atoms with E-state index < -0.39 is 14.6 Å². The Balaban J connectivity index is 0. The highest BCUT2D eigenvalue weighted by Crippen LogP contribution is 2.28. The summed E-state index contributed by atoms with van der Waals surface area (Å²) in [4.78, 5) is 14.8. The van der Waals surface area contributed by atoms with Gasteiger partial charge in [0.2, 0.25) is 5.91 Å². The van der Waals surface area contributed by atoms with E-state index in [1.807, 2.05) is 6.92 Å². The smallest absolute Gasteiger partial charge is 0.241 e. The second-order valence-corrected chi connectivity index (χ2v) is 8.20. The molecule has 1 rings (SSSR count). The van der Waals surface area contributed by atoms with Gasteiger partial charge in [0.25, 0.3) is 0 Å². The van der Waals surface area contributed by atoms with Crippen LogP contribution in [0.2, 0.25) is 0 Å². The number of carbonyl (C=O) groups excluding carboxylic acids is 1. The average Bonchev–Trinajstić information content (AvgIpc) is 2.44. The number of piperidine rings is 1. The second kappa shape index (κ2) is 10.7. The number of nitrogens with one attached hydrogen (secondary N) is 2. The molecule has 9 heteroatoms. The van der Waals surface area contributed by atoms with Gasteiger partial charge in [0.1, 0.15) is 0 Å². The van der Waals surface area contributed by atoms with Crippen LogP contribution >= 0.6 is 24.8 Å². The molecule has 1 aliphatic heterocycles. The average molecular weight is 392 g/mol. The fourth-order valence-corrected chi connectivity index (χ4v) is 4.21. The summed E-state index contributed by atoms with van der Waals surface area (Å²) in [6, 6.07) is -0.0640. The monoisotopic (exact) mass is 391 g/mol. The molecule has 1 atom stereocenters. The van der Waals surface area contributed by atoms with E-state index >= 15 is 0 Å². The van der Waals surface area contributed by atoms with E-state index in [0.717, 1.165) is 19.6 Å². The van der Waals surface area contributed by atoms with Crippen LogP contribution in [0.25, 0.3) is 0 Å². The van der Waals surface area contributed by atoms with Crippen molar-refractivity contribution in [3.05, 3.63) is 0 Å². The van der Waals surface area contributed by atoms with Crippen LogP contribution in [0, 0.1) is 0 Å². The Morgan fingerprint density at radius 3 is 2.09 bits per heavy atom. The topological polar surface area (TPSA) is 78.5 Å². The summed E-state index contributed by atoms with van der Waals surface area (Å²) in [5, 5.41) is 6.03. The molecule has 1 fully saturated rings. The standard InChI is InChI=1S/C14H29N3O3S.2ClH/c1-5-17(6-2)11-12(3)16-13(18)14(21(4,19)20)7-9-15-10-8-14;;/h12,15H,5-11H2,1-4H3,(H,16,18);2*1H. The first-order valence-corrected chi connectivity index (χ1v) is 9.59. The lowest BCUT2D eigenvalue weighted by atomic mass is 9.95. The van der Waals surface area contributed by atoms with E-state index in [4.69, 9.17) is 0 Å². The first-order valence-electron chi connectivity index (χ1n) is 7.70. The molecule has 0 spiro atoms. The Morgan fingerprint density at radius 2 is 1.70 bits per heavy atom. The molecule has 6 nitrogen and oxygen atoms in total. The Morgan fingerprint density at radius 1 is 1.22 bits per heavy atom. The van der Waals surface area contributed by atoms with E-state index in [0.29, 0.717) is 25.9 Å². The molecule has 0 aromatic heterocycles. The highest BCUT2D eigenvalue weighted by Gasteiger charge is 2.48. The van der Waals surface area contributed by atoms with Crippen molar-refractivity contribution >= 4 is 40.6 Å². The van der Waals surface area contributed by atoms with E-state index in [1.54, 1.807) is 0 Å². The molecular weight excluding hydrogens is 361 g/mol. The van der Waals surface area contributed by atoms with Gasteiger partial charge in [-0.3, -0.25) is 4.79 Å². The summed E-state index contributed by atoms with van der Waals surface area (Å²) in [7, 11) is -3.44. The lowest BCUT2D eigenvalue weighted by Gasteiger charge is -2.35. The maximum Gasteiger partial charge on any atom is 0.241 e. The van der Waals surface area contributed by atoms with Crippen molar-refractivity contribution in [2.24, 2.45) is 0 Å². The lowest BCUT2D eigenvalue weighted by Crippen LogP contribution is -2.59. The number of nitrogens with zero attached hydrogens (tertiary/aromatic N) is 1. The fraction of sp³-hybridized carbons (Fsp3) is 0.929. The number of hydrogen-bond acceptors (Lipinski definition) is 5. The van der Waals surface area contributed by atoms with Crippen molar-refractivity contribution in [2.45, 2.75) is 44.4 Å². The number of likely N-dealkylation sites (N-methyl/N-ethyl adjacent to an activating group) is 1. The minimum absolute atomic E-state index is 0. The molecule has 0 bridgehead atoms. The van der Waals surface area contributed by atoms with Crippen LogP contribution in [0.3, 0.4) is 0 Å². The van der Waals surface area contributed by atoms with Gasteiger partial charge in [-0.2, -0.15) is 0 Å². The summed E-state index contributed by atoms with van der Waals surface area (Å²) in [5.41, 5.74) is 0. The largest absolute Gasteiger partial charge is 0.351 e. The highest BCUT2D eigenvalue weighted by atomic mass is 35.5. The molecule has 1 aliphatic rings. The Labute approximate surface area is 152 Å². The van der Waals surface area contributed by atoms with Crippen LogP contribution in [0.4, 0.5) is 0 Å². The first kappa shape index (κ1) is 25.2. The number of carbonyl (C=O) groups is 1. The summed E-state index contributed by atoms with van der Waals surface area (Å²) in [5.74, 6) is -0.342. The van der Waals surface area contributed by atoms with Gasteiger partial charge in [0, 0.05) is 18.8 Å². The maximum absolute atomic E-state index is 12.6. The van der Waals surface area contributed by atoms with Crippen LogP contribution in [0.5, 0.6) is 0 Å². The molecule has 1 unspecified atom stereocenters. The number of hydrogen-bond donors (Lipinski definition) is 2. The molecule has 140 valence electrons. The third-order valence-electron chi connectivity index (χ3n) is 4.34. The summed E-state index contributed by atoms with van der Waals surface area (Å²) in [6.45, 7) is 9.75. The molecule has 1 amide bonds. The van der Waals surface area contributed by atoms with Crippen molar-refractivity contribution < 1.29 is 13.2 Å². The zero-order valence-corrected chi connectivity index (χ0v) is 16.9. The van der Waals surface area contributed by atoms with Crippen LogP contribution in [0.15, 0.2) is 0 Å². The van der Waals surface area contributed by atoms with Crippen LogP contribution < -0.4 is 10.6 Å². The Bertz CT molecular complexity index is 450. The van der Waals surface area contributed by atoms with E-state index in [1.165, 1.54) is 6.26 Å². The Hall–Kier alpha value is -0.0800. The van der Waals surface area contributed by atoms with E-state index in [9.17, 15) is 13.2 Å². The van der Waals surface area contributed by atoms with Crippen molar-refractivity contribution in [1.29, 1.82) is 0 Å².